The lowest BCUT2D eigenvalue weighted by atomic mass is 9.99. The molecule has 1 unspecified atom stereocenters. The van der Waals surface area contributed by atoms with Crippen molar-refractivity contribution in [2.45, 2.75) is 45.3 Å². The van der Waals surface area contributed by atoms with Crippen molar-refractivity contribution in [1.82, 2.24) is 10.3 Å². The Morgan fingerprint density at radius 3 is 2.41 bits per heavy atom. The molecule has 0 aliphatic carbocycles. The van der Waals surface area contributed by atoms with Crippen LogP contribution in [0.5, 0.6) is 0 Å². The van der Waals surface area contributed by atoms with Crippen LogP contribution in [-0.2, 0) is 28.4 Å². The van der Waals surface area contributed by atoms with Gasteiger partial charge in [0.2, 0.25) is 16.8 Å². The van der Waals surface area contributed by atoms with Gasteiger partial charge in [0.1, 0.15) is 17.3 Å². The van der Waals surface area contributed by atoms with Gasteiger partial charge in [-0.25, -0.2) is 17.8 Å². The van der Waals surface area contributed by atoms with Crippen LogP contribution >= 0.6 is 0 Å². The molecule has 1 heterocycles. The minimum atomic E-state index is -4.60. The summed E-state index contributed by atoms with van der Waals surface area (Å²) in [5.41, 5.74) is -0.439. The van der Waals surface area contributed by atoms with Gasteiger partial charge >= 0.3 is 6.18 Å². The molecule has 1 amide bonds. The smallest absolute Gasteiger partial charge is 0.359 e. The van der Waals surface area contributed by atoms with Gasteiger partial charge in [-0.1, -0.05) is 25.5 Å². The zero-order chi connectivity index (χ0) is 25.6. The lowest BCUT2D eigenvalue weighted by Crippen LogP contribution is -2.30. The maximum Gasteiger partial charge on any atom is 0.433 e. The zero-order valence-corrected chi connectivity index (χ0v) is 20.2. The fraction of sp³-hybridized carbons (Fsp3) is 0.455. The summed E-state index contributed by atoms with van der Waals surface area (Å²) in [6.07, 6.45) is -2.99. The second kappa shape index (κ2) is 11.5. The van der Waals surface area contributed by atoms with E-state index in [1.807, 2.05) is 6.92 Å². The van der Waals surface area contributed by atoms with Crippen molar-refractivity contribution in [3.05, 3.63) is 53.0 Å². The second-order valence-corrected chi connectivity index (χ2v) is 8.94. The molecule has 1 N–H and O–H groups in total. The molecular weight excluding hydrogens is 476 g/mol. The molecule has 0 fully saturated rings. The molecule has 2 rings (SSSR count). The van der Waals surface area contributed by atoms with E-state index in [0.29, 0.717) is 17.7 Å². The molecule has 0 saturated carbocycles. The molecule has 34 heavy (non-hydrogen) atoms. The molecule has 1 aromatic heterocycles. The second-order valence-electron chi connectivity index (χ2n) is 7.86. The number of anilines is 2. The van der Waals surface area contributed by atoms with Crippen molar-refractivity contribution < 1.29 is 30.8 Å². The van der Waals surface area contributed by atoms with Crippen molar-refractivity contribution in [3.8, 4) is 0 Å². The summed E-state index contributed by atoms with van der Waals surface area (Å²) >= 11 is 0. The summed E-state index contributed by atoms with van der Waals surface area (Å²) in [5.74, 6) is -1.94. The van der Waals surface area contributed by atoms with E-state index in [2.05, 4.69) is 10.3 Å². The number of unbranched alkanes of at least 4 members (excludes halogenated alkanes) is 1. The summed E-state index contributed by atoms with van der Waals surface area (Å²) in [5, 5.41) is 2.67. The first-order valence-corrected chi connectivity index (χ1v) is 11.7. The van der Waals surface area contributed by atoms with E-state index in [-0.39, 0.29) is 18.1 Å². The van der Waals surface area contributed by atoms with Crippen LogP contribution in [0.25, 0.3) is 0 Å². The number of carbonyl (C=O) groups is 1. The number of carbonyl (C=O) groups excluding carboxylic acids is 1. The fourth-order valence-electron chi connectivity index (χ4n) is 3.23. The number of benzene rings is 1. The van der Waals surface area contributed by atoms with E-state index in [1.165, 1.54) is 25.2 Å². The predicted molar refractivity (Wildman–Crippen MR) is 123 cm³/mol. The fourth-order valence-corrected chi connectivity index (χ4v) is 3.57. The first-order chi connectivity index (χ1) is 15.9. The molecule has 0 bridgehead atoms. The standard InChI is InChI=1S/C22H28F4N4O3S/c1-5-6-11-29(3)20-16(8-10-19(28-20)22(24,25)26)13-27-21(31)14(2)15-7-9-18(17(23)12-15)30(4)34(32)33/h7-10,12,14,34H,5-6,11,13H2,1-4H3,(H,27,31). The number of alkyl halides is 3. The van der Waals surface area contributed by atoms with E-state index >= 15 is 0 Å². The van der Waals surface area contributed by atoms with Gasteiger partial charge in [-0.2, -0.15) is 13.2 Å². The number of nitrogens with zero attached hydrogens (tertiary/aromatic N) is 3. The van der Waals surface area contributed by atoms with E-state index in [4.69, 9.17) is 0 Å². The van der Waals surface area contributed by atoms with Crippen LogP contribution in [0.3, 0.4) is 0 Å². The SMILES string of the molecule is CCCCN(C)c1nc(C(F)(F)F)ccc1CNC(=O)C(C)c1ccc(N(C)[SH](=O)=O)c(F)c1. The summed E-state index contributed by atoms with van der Waals surface area (Å²) in [6.45, 7) is 3.93. The third-order valence-electron chi connectivity index (χ3n) is 5.37. The summed E-state index contributed by atoms with van der Waals surface area (Å²) < 4.78 is 76.7. The molecule has 0 radical (unpaired) electrons. The molecule has 12 heteroatoms. The number of nitrogens with one attached hydrogen (secondary N) is 1. The third-order valence-corrected chi connectivity index (χ3v) is 6.07. The number of hydrogen-bond donors (Lipinski definition) is 2. The number of thiol groups is 1. The van der Waals surface area contributed by atoms with Crippen molar-refractivity contribution in [1.29, 1.82) is 0 Å². The highest BCUT2D eigenvalue weighted by Gasteiger charge is 2.33. The van der Waals surface area contributed by atoms with Crippen LogP contribution in [0.15, 0.2) is 30.3 Å². The molecule has 2 aromatic rings. The van der Waals surface area contributed by atoms with Gasteiger partial charge in [-0.05, 0) is 37.1 Å². The zero-order valence-electron chi connectivity index (χ0n) is 19.3. The quantitative estimate of drug-likeness (QED) is 0.379. The van der Waals surface area contributed by atoms with E-state index in [1.54, 1.807) is 18.9 Å². The highest BCUT2D eigenvalue weighted by Crippen LogP contribution is 2.31. The highest BCUT2D eigenvalue weighted by atomic mass is 32.2. The van der Waals surface area contributed by atoms with Crippen molar-refractivity contribution in [2.24, 2.45) is 0 Å². The van der Waals surface area contributed by atoms with Gasteiger partial charge in [0.15, 0.2) is 0 Å². The molecule has 0 spiro atoms. The van der Waals surface area contributed by atoms with Crippen molar-refractivity contribution in [3.63, 3.8) is 0 Å². The Bertz CT molecular complexity index is 1080. The average Bonchev–Trinajstić information content (AvgIpc) is 2.79. The molecule has 1 aromatic carbocycles. The van der Waals surface area contributed by atoms with Crippen molar-refractivity contribution in [2.75, 3.05) is 29.8 Å². The number of rotatable bonds is 10. The van der Waals surface area contributed by atoms with Gasteiger partial charge in [0.25, 0.3) is 0 Å². The lowest BCUT2D eigenvalue weighted by molar-refractivity contribution is -0.141. The maximum absolute atomic E-state index is 14.4. The van der Waals surface area contributed by atoms with Gasteiger partial charge in [-0.15, -0.1) is 0 Å². The monoisotopic (exact) mass is 504 g/mol. The maximum atomic E-state index is 14.4. The third kappa shape index (κ3) is 6.81. The Labute approximate surface area is 197 Å². The highest BCUT2D eigenvalue weighted by molar-refractivity contribution is 7.74. The minimum absolute atomic E-state index is 0.0694. The summed E-state index contributed by atoms with van der Waals surface area (Å²) in [4.78, 5) is 18.1. The Morgan fingerprint density at radius 2 is 1.85 bits per heavy atom. The predicted octanol–water partition coefficient (Wildman–Crippen LogP) is 3.86. The number of aromatic nitrogens is 1. The van der Waals surface area contributed by atoms with Crippen LogP contribution in [-0.4, -0.2) is 39.9 Å². The molecule has 0 saturated heterocycles. The van der Waals surface area contributed by atoms with E-state index in [9.17, 15) is 30.8 Å². The van der Waals surface area contributed by atoms with Crippen LogP contribution < -0.4 is 14.5 Å². The minimum Gasteiger partial charge on any atom is -0.359 e. The first kappa shape index (κ1) is 27.4. The number of pyridine rings is 1. The Kier molecular flexibility index (Phi) is 9.25. The summed E-state index contributed by atoms with van der Waals surface area (Å²) in [6, 6.07) is 5.95. The molecule has 0 aliphatic rings. The number of amides is 1. The molecule has 1 atom stereocenters. The van der Waals surface area contributed by atoms with Crippen LogP contribution in [0.2, 0.25) is 0 Å². The number of hydrogen-bond acceptors (Lipinski definition) is 5. The Balaban J connectivity index is 2.20. The van der Waals surface area contributed by atoms with Gasteiger partial charge in [0.05, 0.1) is 11.6 Å². The normalized spacial score (nSPS) is 12.5. The lowest BCUT2D eigenvalue weighted by Gasteiger charge is -2.23. The molecule has 0 aliphatic heterocycles. The molecule has 188 valence electrons. The van der Waals surface area contributed by atoms with Gasteiger partial charge < -0.3 is 10.2 Å². The van der Waals surface area contributed by atoms with Crippen molar-refractivity contribution >= 4 is 28.3 Å². The molecule has 7 nitrogen and oxygen atoms in total. The van der Waals surface area contributed by atoms with Gasteiger partial charge in [0, 0.05) is 32.7 Å². The Morgan fingerprint density at radius 1 is 1.18 bits per heavy atom. The van der Waals surface area contributed by atoms with Crippen LogP contribution in [0.1, 0.15) is 49.4 Å². The Hall–Kier alpha value is -2.89. The topological polar surface area (TPSA) is 82.6 Å². The first-order valence-electron chi connectivity index (χ1n) is 10.6. The average molecular weight is 505 g/mol. The number of halogens is 4. The van der Waals surface area contributed by atoms with E-state index in [0.717, 1.165) is 29.3 Å². The van der Waals surface area contributed by atoms with Gasteiger partial charge in [-0.3, -0.25) is 9.10 Å². The largest absolute Gasteiger partial charge is 0.433 e. The summed E-state index contributed by atoms with van der Waals surface area (Å²) in [7, 11) is -0.169. The van der Waals surface area contributed by atoms with Crippen LogP contribution in [0.4, 0.5) is 29.1 Å². The molecular formula is C22H28F4N4O3S. The van der Waals surface area contributed by atoms with Crippen LogP contribution in [0, 0.1) is 5.82 Å². The van der Waals surface area contributed by atoms with E-state index < -0.39 is 40.4 Å².